The lowest BCUT2D eigenvalue weighted by Gasteiger charge is -2.32. The summed E-state index contributed by atoms with van der Waals surface area (Å²) in [7, 11) is 0. The quantitative estimate of drug-likeness (QED) is 0.665. The lowest BCUT2D eigenvalue weighted by molar-refractivity contribution is -0.121. The Balaban J connectivity index is 1.61. The number of carbonyl (C=O) groups excluding carboxylic acids is 1. The summed E-state index contributed by atoms with van der Waals surface area (Å²) < 4.78 is 0. The molecule has 1 N–H and O–H groups in total. The first-order valence-electron chi connectivity index (χ1n) is 9.50. The van der Waals surface area contributed by atoms with Gasteiger partial charge in [0.1, 0.15) is 0 Å². The van der Waals surface area contributed by atoms with Gasteiger partial charge < -0.3 is 5.32 Å². The zero-order valence-electron chi connectivity index (χ0n) is 15.8. The van der Waals surface area contributed by atoms with Gasteiger partial charge in [-0.3, -0.25) is 9.69 Å². The second kappa shape index (κ2) is 9.09. The number of halogens is 2. The van der Waals surface area contributed by atoms with E-state index in [9.17, 15) is 4.79 Å². The minimum Gasteiger partial charge on any atom is -0.326 e. The zero-order chi connectivity index (χ0) is 19.4. The molecule has 1 fully saturated rings. The second-order valence-corrected chi connectivity index (χ2v) is 8.35. The first-order chi connectivity index (χ1) is 12.9. The van der Waals surface area contributed by atoms with E-state index < -0.39 is 0 Å². The molecule has 1 unspecified atom stereocenters. The largest absolute Gasteiger partial charge is 0.326 e. The van der Waals surface area contributed by atoms with Crippen molar-refractivity contribution in [3.63, 3.8) is 0 Å². The van der Waals surface area contributed by atoms with Gasteiger partial charge >= 0.3 is 0 Å². The Labute approximate surface area is 171 Å². The summed E-state index contributed by atoms with van der Waals surface area (Å²) >= 11 is 12.6. The highest BCUT2D eigenvalue weighted by Gasteiger charge is 2.26. The second-order valence-electron chi connectivity index (χ2n) is 7.54. The molecule has 0 bridgehead atoms. The zero-order valence-corrected chi connectivity index (χ0v) is 17.4. The van der Waals surface area contributed by atoms with Crippen LogP contribution in [0.15, 0.2) is 42.5 Å². The van der Waals surface area contributed by atoms with E-state index in [-0.39, 0.29) is 11.8 Å². The maximum Gasteiger partial charge on any atom is 0.228 e. The summed E-state index contributed by atoms with van der Waals surface area (Å²) in [6.07, 6.45) is 1.90. The lowest BCUT2D eigenvalue weighted by atomic mass is 9.96. The lowest BCUT2D eigenvalue weighted by Crippen LogP contribution is -2.40. The van der Waals surface area contributed by atoms with Crippen molar-refractivity contribution < 1.29 is 4.79 Å². The molecule has 3 rings (SSSR count). The van der Waals surface area contributed by atoms with Crippen molar-refractivity contribution in [2.24, 2.45) is 5.92 Å². The van der Waals surface area contributed by atoms with E-state index in [1.807, 2.05) is 30.3 Å². The maximum atomic E-state index is 12.7. The highest BCUT2D eigenvalue weighted by molar-refractivity contribution is 6.35. The van der Waals surface area contributed by atoms with Gasteiger partial charge in [-0.05, 0) is 55.1 Å². The number of rotatable bonds is 5. The van der Waals surface area contributed by atoms with Crippen LogP contribution in [0.1, 0.15) is 43.7 Å². The number of likely N-dealkylation sites (tertiary alicyclic amines) is 1. The Hall–Kier alpha value is -1.55. The van der Waals surface area contributed by atoms with E-state index in [1.54, 1.807) is 0 Å². The van der Waals surface area contributed by atoms with Crippen molar-refractivity contribution in [3.8, 4) is 0 Å². The van der Waals surface area contributed by atoms with Gasteiger partial charge in [0, 0.05) is 34.4 Å². The van der Waals surface area contributed by atoms with Crippen LogP contribution in [0.4, 0.5) is 5.69 Å². The fourth-order valence-corrected chi connectivity index (χ4v) is 4.03. The molecule has 1 atom stereocenters. The predicted octanol–water partition coefficient (Wildman–Crippen LogP) is 5.97. The fraction of sp³-hybridized carbons (Fsp3) is 0.409. The molecule has 5 heteroatoms. The third-order valence-corrected chi connectivity index (χ3v) is 5.87. The molecule has 1 amide bonds. The average molecular weight is 405 g/mol. The Morgan fingerprint density at radius 2 is 1.81 bits per heavy atom. The van der Waals surface area contributed by atoms with Crippen molar-refractivity contribution in [1.82, 2.24) is 4.90 Å². The molecule has 0 aliphatic carbocycles. The molecule has 1 aliphatic heterocycles. The Kier molecular flexibility index (Phi) is 6.80. The van der Waals surface area contributed by atoms with Gasteiger partial charge in [-0.2, -0.15) is 0 Å². The SMILES string of the molecule is CC(C)c1ccc(NC(=O)C2CCCN(Cc3c(Cl)cccc3Cl)C2)cc1. The number of nitrogens with one attached hydrogen (secondary N) is 1. The van der Waals surface area contributed by atoms with E-state index >= 15 is 0 Å². The standard InChI is InChI=1S/C22H26Cl2N2O/c1-15(2)16-8-10-18(11-9-16)25-22(27)17-5-4-12-26(13-17)14-19-20(23)6-3-7-21(19)24/h3,6-11,15,17H,4-5,12-14H2,1-2H3,(H,25,27). The highest BCUT2D eigenvalue weighted by Crippen LogP contribution is 2.28. The third kappa shape index (κ3) is 5.25. The first-order valence-corrected chi connectivity index (χ1v) is 10.3. The molecule has 1 aliphatic rings. The van der Waals surface area contributed by atoms with Crippen LogP contribution in [0.2, 0.25) is 10.0 Å². The number of carbonyl (C=O) groups is 1. The van der Waals surface area contributed by atoms with Crippen LogP contribution in [-0.2, 0) is 11.3 Å². The van der Waals surface area contributed by atoms with E-state index in [0.29, 0.717) is 22.5 Å². The van der Waals surface area contributed by atoms with E-state index in [1.165, 1.54) is 5.56 Å². The average Bonchev–Trinajstić information content (AvgIpc) is 2.65. The number of nitrogens with zero attached hydrogens (tertiary/aromatic N) is 1. The van der Waals surface area contributed by atoms with Gasteiger partial charge in [-0.15, -0.1) is 0 Å². The monoisotopic (exact) mass is 404 g/mol. The molecular weight excluding hydrogens is 379 g/mol. The molecule has 3 nitrogen and oxygen atoms in total. The molecule has 1 saturated heterocycles. The van der Waals surface area contributed by atoms with Crippen molar-refractivity contribution in [3.05, 3.63) is 63.6 Å². The van der Waals surface area contributed by atoms with Crippen LogP contribution in [0.3, 0.4) is 0 Å². The number of piperidine rings is 1. The molecule has 2 aromatic carbocycles. The molecule has 144 valence electrons. The summed E-state index contributed by atoms with van der Waals surface area (Å²) in [6.45, 7) is 6.67. The molecule has 0 radical (unpaired) electrons. The van der Waals surface area contributed by atoms with Crippen LogP contribution in [0.5, 0.6) is 0 Å². The smallest absolute Gasteiger partial charge is 0.228 e. The summed E-state index contributed by atoms with van der Waals surface area (Å²) in [5.74, 6) is 0.547. The molecule has 0 saturated carbocycles. The van der Waals surface area contributed by atoms with E-state index in [0.717, 1.165) is 37.2 Å². The first kappa shape index (κ1) is 20.2. The normalized spacial score (nSPS) is 17.9. The number of hydrogen-bond donors (Lipinski definition) is 1. The molecule has 27 heavy (non-hydrogen) atoms. The van der Waals surface area contributed by atoms with Crippen molar-refractivity contribution in [2.75, 3.05) is 18.4 Å². The predicted molar refractivity (Wildman–Crippen MR) is 114 cm³/mol. The Bertz CT molecular complexity index is 769. The molecular formula is C22H26Cl2N2O. The van der Waals surface area contributed by atoms with Crippen molar-refractivity contribution in [2.45, 2.75) is 39.2 Å². The van der Waals surface area contributed by atoms with Gasteiger partial charge in [-0.1, -0.05) is 55.2 Å². The Morgan fingerprint density at radius 1 is 1.15 bits per heavy atom. The minimum atomic E-state index is -0.0233. The van der Waals surface area contributed by atoms with Gasteiger partial charge in [-0.25, -0.2) is 0 Å². The number of amides is 1. The summed E-state index contributed by atoms with van der Waals surface area (Å²) in [5, 5.41) is 4.43. The topological polar surface area (TPSA) is 32.3 Å². The van der Waals surface area contributed by atoms with Gasteiger partial charge in [0.25, 0.3) is 0 Å². The molecule has 2 aromatic rings. The summed E-state index contributed by atoms with van der Waals surface area (Å²) in [4.78, 5) is 15.0. The number of hydrogen-bond acceptors (Lipinski definition) is 2. The van der Waals surface area contributed by atoms with Gasteiger partial charge in [0.15, 0.2) is 0 Å². The number of benzene rings is 2. The third-order valence-electron chi connectivity index (χ3n) is 5.16. The van der Waals surface area contributed by atoms with Gasteiger partial charge in [0.05, 0.1) is 5.92 Å². The van der Waals surface area contributed by atoms with Crippen LogP contribution in [0.25, 0.3) is 0 Å². The van der Waals surface area contributed by atoms with E-state index in [4.69, 9.17) is 23.2 Å². The molecule has 0 aromatic heterocycles. The van der Waals surface area contributed by atoms with Crippen LogP contribution in [0, 0.1) is 5.92 Å². The van der Waals surface area contributed by atoms with Crippen molar-refractivity contribution >= 4 is 34.8 Å². The number of anilines is 1. The summed E-state index contributed by atoms with van der Waals surface area (Å²) in [6, 6.07) is 13.7. The molecule has 1 heterocycles. The minimum absolute atomic E-state index is 0.0233. The maximum absolute atomic E-state index is 12.7. The van der Waals surface area contributed by atoms with E-state index in [2.05, 4.69) is 36.2 Å². The van der Waals surface area contributed by atoms with Crippen LogP contribution in [-0.4, -0.2) is 23.9 Å². The summed E-state index contributed by atoms with van der Waals surface area (Å²) in [5.41, 5.74) is 3.07. The van der Waals surface area contributed by atoms with Crippen molar-refractivity contribution in [1.29, 1.82) is 0 Å². The van der Waals surface area contributed by atoms with Crippen LogP contribution >= 0.6 is 23.2 Å². The van der Waals surface area contributed by atoms with Crippen LogP contribution < -0.4 is 5.32 Å². The fourth-order valence-electron chi connectivity index (χ4n) is 3.52. The molecule has 0 spiro atoms. The Morgan fingerprint density at radius 3 is 2.44 bits per heavy atom. The van der Waals surface area contributed by atoms with Gasteiger partial charge in [0.2, 0.25) is 5.91 Å². The highest BCUT2D eigenvalue weighted by atomic mass is 35.5.